The second-order valence-corrected chi connectivity index (χ2v) is 5.67. The maximum atomic E-state index is 11.0. The molecule has 1 aromatic rings. The average molecular weight is 266 g/mol. The first-order valence-corrected chi connectivity index (χ1v) is 6.43. The van der Waals surface area contributed by atoms with E-state index in [0.29, 0.717) is 18.0 Å². The monoisotopic (exact) mass is 266 g/mol. The molecule has 0 heterocycles. The number of rotatable bonds is 6. The molecular weight excluding hydrogens is 244 g/mol. The number of aryl methyl sites for hydroxylation is 1. The second kappa shape index (κ2) is 6.02. The highest BCUT2D eigenvalue weighted by Gasteiger charge is 2.24. The fourth-order valence-corrected chi connectivity index (χ4v) is 2.26. The van der Waals surface area contributed by atoms with Crippen LogP contribution in [-0.2, 0) is 0 Å². The molecule has 0 spiro atoms. The van der Waals surface area contributed by atoms with Gasteiger partial charge in [-0.25, -0.2) is 0 Å². The summed E-state index contributed by atoms with van der Waals surface area (Å²) in [5, 5.41) is 24.2. The van der Waals surface area contributed by atoms with Crippen LogP contribution in [0.4, 0.5) is 11.4 Å². The molecule has 1 unspecified atom stereocenters. The van der Waals surface area contributed by atoms with Crippen LogP contribution in [0.3, 0.4) is 0 Å². The van der Waals surface area contributed by atoms with Crippen LogP contribution in [0.15, 0.2) is 18.2 Å². The molecule has 0 amide bonds. The summed E-state index contributed by atoms with van der Waals surface area (Å²) in [6.45, 7) is 7.91. The average Bonchev–Trinajstić information content (AvgIpc) is 2.25. The van der Waals surface area contributed by atoms with Crippen molar-refractivity contribution >= 4 is 11.4 Å². The highest BCUT2D eigenvalue weighted by molar-refractivity contribution is 5.66. The van der Waals surface area contributed by atoms with Crippen LogP contribution in [0.1, 0.15) is 32.8 Å². The van der Waals surface area contributed by atoms with Gasteiger partial charge in [0, 0.05) is 12.6 Å². The molecule has 1 rings (SSSR count). The summed E-state index contributed by atoms with van der Waals surface area (Å²) >= 11 is 0. The maximum absolute atomic E-state index is 11.0. The Morgan fingerprint density at radius 3 is 2.63 bits per heavy atom. The number of hydrogen-bond donors (Lipinski definition) is 2. The van der Waals surface area contributed by atoms with E-state index in [1.54, 1.807) is 13.0 Å². The summed E-state index contributed by atoms with van der Waals surface area (Å²) in [7, 11) is 0. The molecule has 1 atom stereocenters. The number of nitrogens with one attached hydrogen (secondary N) is 1. The first-order chi connectivity index (χ1) is 8.73. The van der Waals surface area contributed by atoms with Gasteiger partial charge in [0.2, 0.25) is 0 Å². The van der Waals surface area contributed by atoms with Crippen LogP contribution in [0.25, 0.3) is 0 Å². The Morgan fingerprint density at radius 1 is 1.47 bits per heavy atom. The summed E-state index contributed by atoms with van der Waals surface area (Å²) in [5.41, 5.74) is 0.441. The van der Waals surface area contributed by atoms with Gasteiger partial charge >= 0.3 is 0 Å². The molecule has 0 aliphatic heterocycles. The smallest absolute Gasteiger partial charge is 0.292 e. The summed E-state index contributed by atoms with van der Waals surface area (Å²) in [5.74, 6) is 0.364. The van der Waals surface area contributed by atoms with Crippen LogP contribution >= 0.6 is 0 Å². The van der Waals surface area contributed by atoms with Gasteiger partial charge in [0.05, 0.1) is 10.5 Å². The SMILES string of the molecule is Cc1cccc([N+](=O)[O-])c1NCC(C)(O)CC(C)C. The molecule has 5 heteroatoms. The van der Waals surface area contributed by atoms with Crippen molar-refractivity contribution in [2.24, 2.45) is 5.92 Å². The number of nitro groups is 1. The Morgan fingerprint density at radius 2 is 2.11 bits per heavy atom. The molecule has 0 aromatic heterocycles. The fraction of sp³-hybridized carbons (Fsp3) is 0.571. The zero-order chi connectivity index (χ0) is 14.6. The number of nitro benzene ring substituents is 1. The van der Waals surface area contributed by atoms with Crippen molar-refractivity contribution < 1.29 is 10.0 Å². The number of nitrogens with zero attached hydrogens (tertiary/aromatic N) is 1. The molecule has 2 N–H and O–H groups in total. The molecule has 0 aliphatic rings. The van der Waals surface area contributed by atoms with E-state index in [2.05, 4.69) is 5.32 Å². The highest BCUT2D eigenvalue weighted by atomic mass is 16.6. The summed E-state index contributed by atoms with van der Waals surface area (Å²) in [6, 6.07) is 4.93. The molecule has 19 heavy (non-hydrogen) atoms. The maximum Gasteiger partial charge on any atom is 0.292 e. The third kappa shape index (κ3) is 4.52. The van der Waals surface area contributed by atoms with Gasteiger partial charge in [0.1, 0.15) is 5.69 Å². The van der Waals surface area contributed by atoms with E-state index in [1.165, 1.54) is 6.07 Å². The summed E-state index contributed by atoms with van der Waals surface area (Å²) < 4.78 is 0. The van der Waals surface area contributed by atoms with Crippen LogP contribution in [-0.4, -0.2) is 22.2 Å². The molecule has 0 saturated carbocycles. The Kier molecular flexibility index (Phi) is 4.89. The Labute approximate surface area is 113 Å². The second-order valence-electron chi connectivity index (χ2n) is 5.67. The molecule has 1 aromatic carbocycles. The van der Waals surface area contributed by atoms with Gasteiger partial charge < -0.3 is 10.4 Å². The van der Waals surface area contributed by atoms with Gasteiger partial charge in [-0.15, -0.1) is 0 Å². The molecule has 0 fully saturated rings. The van der Waals surface area contributed by atoms with E-state index >= 15 is 0 Å². The number of para-hydroxylation sites is 1. The van der Waals surface area contributed by atoms with E-state index < -0.39 is 10.5 Å². The molecule has 106 valence electrons. The van der Waals surface area contributed by atoms with Crippen LogP contribution in [0, 0.1) is 23.0 Å². The van der Waals surface area contributed by atoms with Crippen molar-refractivity contribution in [3.8, 4) is 0 Å². The van der Waals surface area contributed by atoms with Crippen molar-refractivity contribution in [3.63, 3.8) is 0 Å². The van der Waals surface area contributed by atoms with Crippen LogP contribution in [0.5, 0.6) is 0 Å². The zero-order valence-electron chi connectivity index (χ0n) is 11.9. The predicted molar refractivity (Wildman–Crippen MR) is 76.4 cm³/mol. The largest absolute Gasteiger partial charge is 0.388 e. The van der Waals surface area contributed by atoms with E-state index in [4.69, 9.17) is 0 Å². The van der Waals surface area contributed by atoms with E-state index in [9.17, 15) is 15.2 Å². The molecule has 0 aliphatic carbocycles. The van der Waals surface area contributed by atoms with Crippen LogP contribution < -0.4 is 5.32 Å². The van der Waals surface area contributed by atoms with Crippen molar-refractivity contribution in [1.82, 2.24) is 0 Å². The lowest BCUT2D eigenvalue weighted by Gasteiger charge is -2.26. The fourth-order valence-electron chi connectivity index (χ4n) is 2.26. The number of anilines is 1. The molecule has 5 nitrogen and oxygen atoms in total. The lowest BCUT2D eigenvalue weighted by molar-refractivity contribution is -0.384. The summed E-state index contributed by atoms with van der Waals surface area (Å²) in [4.78, 5) is 10.6. The van der Waals surface area contributed by atoms with Crippen molar-refractivity contribution in [1.29, 1.82) is 0 Å². The Balaban J connectivity index is 2.86. The van der Waals surface area contributed by atoms with Gasteiger partial charge in [-0.05, 0) is 31.7 Å². The minimum Gasteiger partial charge on any atom is -0.388 e. The van der Waals surface area contributed by atoms with Gasteiger partial charge in [-0.2, -0.15) is 0 Å². The van der Waals surface area contributed by atoms with Gasteiger partial charge in [-0.3, -0.25) is 10.1 Å². The zero-order valence-corrected chi connectivity index (χ0v) is 11.9. The number of hydrogen-bond acceptors (Lipinski definition) is 4. The van der Waals surface area contributed by atoms with Gasteiger partial charge in [-0.1, -0.05) is 26.0 Å². The number of benzene rings is 1. The Bertz CT molecular complexity index is 456. The lowest BCUT2D eigenvalue weighted by atomic mass is 9.94. The van der Waals surface area contributed by atoms with Gasteiger partial charge in [0.15, 0.2) is 0 Å². The van der Waals surface area contributed by atoms with Crippen LogP contribution in [0.2, 0.25) is 0 Å². The first kappa shape index (κ1) is 15.4. The normalized spacial score (nSPS) is 14.2. The summed E-state index contributed by atoms with van der Waals surface area (Å²) in [6.07, 6.45) is 0.639. The predicted octanol–water partition coefficient (Wildman–Crippen LogP) is 3.11. The van der Waals surface area contributed by atoms with Crippen molar-refractivity contribution in [3.05, 3.63) is 33.9 Å². The third-order valence-electron chi connectivity index (χ3n) is 2.94. The minimum atomic E-state index is -0.885. The van der Waals surface area contributed by atoms with Crippen molar-refractivity contribution in [2.75, 3.05) is 11.9 Å². The van der Waals surface area contributed by atoms with E-state index in [1.807, 2.05) is 26.8 Å². The highest BCUT2D eigenvalue weighted by Crippen LogP contribution is 2.28. The molecule has 0 saturated heterocycles. The molecule has 0 radical (unpaired) electrons. The van der Waals surface area contributed by atoms with E-state index in [-0.39, 0.29) is 12.2 Å². The lowest BCUT2D eigenvalue weighted by Crippen LogP contribution is -2.35. The standard InChI is InChI=1S/C14H22N2O3/c1-10(2)8-14(4,17)9-15-13-11(3)6-5-7-12(13)16(18)19/h5-7,10,15,17H,8-9H2,1-4H3. The molecular formula is C14H22N2O3. The third-order valence-corrected chi connectivity index (χ3v) is 2.94. The topological polar surface area (TPSA) is 75.4 Å². The van der Waals surface area contributed by atoms with Crippen molar-refractivity contribution in [2.45, 2.75) is 39.7 Å². The molecule has 0 bridgehead atoms. The van der Waals surface area contributed by atoms with E-state index in [0.717, 1.165) is 5.56 Å². The first-order valence-electron chi connectivity index (χ1n) is 6.43. The quantitative estimate of drug-likeness (QED) is 0.612. The Hall–Kier alpha value is -1.62. The van der Waals surface area contributed by atoms with Gasteiger partial charge in [0.25, 0.3) is 5.69 Å². The minimum absolute atomic E-state index is 0.0420. The number of aliphatic hydroxyl groups is 1.